The highest BCUT2D eigenvalue weighted by Gasteiger charge is 2.12. The Morgan fingerprint density at radius 2 is 0.963 bits per heavy atom. The Morgan fingerprint density at radius 1 is 0.556 bits per heavy atom. The smallest absolute Gasteiger partial charge is 0.0502 e. The number of anilines is 3. The van der Waals surface area contributed by atoms with E-state index in [9.17, 15) is 0 Å². The van der Waals surface area contributed by atoms with Gasteiger partial charge in [0.25, 0.3) is 0 Å². The molecule has 0 aliphatic carbocycles. The van der Waals surface area contributed by atoms with E-state index in [2.05, 4.69) is 77.7 Å². The number of benzene rings is 3. The summed E-state index contributed by atoms with van der Waals surface area (Å²) in [4.78, 5) is 2.28. The van der Waals surface area contributed by atoms with Crippen LogP contribution in [-0.4, -0.2) is 27.4 Å². The molecule has 0 spiro atoms. The summed E-state index contributed by atoms with van der Waals surface area (Å²) < 4.78 is 10.4. The molecule has 3 heteroatoms. The number of para-hydroxylation sites is 1. The van der Waals surface area contributed by atoms with Crippen LogP contribution in [0.3, 0.4) is 0 Å². The van der Waals surface area contributed by atoms with Crippen LogP contribution in [0.5, 0.6) is 0 Å². The molecule has 3 aromatic rings. The largest absolute Gasteiger partial charge is 0.384 e. The molecule has 140 valence electrons. The first-order valence-electron chi connectivity index (χ1n) is 9.33. The Bertz CT molecular complexity index is 747. The molecule has 0 aliphatic heterocycles. The van der Waals surface area contributed by atoms with Crippen LogP contribution in [-0.2, 0) is 22.3 Å². The SMILES string of the molecule is COCCc1ccc(N(c2ccccc2)c2ccc(CCOC)cc2)cc1. The minimum atomic E-state index is 0.741. The van der Waals surface area contributed by atoms with Gasteiger partial charge in [0.2, 0.25) is 0 Å². The van der Waals surface area contributed by atoms with Crippen LogP contribution in [0.2, 0.25) is 0 Å². The number of rotatable bonds is 9. The lowest BCUT2D eigenvalue weighted by Gasteiger charge is -2.26. The Hall–Kier alpha value is -2.62. The molecule has 0 saturated heterocycles. The summed E-state index contributed by atoms with van der Waals surface area (Å²) in [6.07, 6.45) is 1.85. The van der Waals surface area contributed by atoms with E-state index in [1.54, 1.807) is 14.2 Å². The van der Waals surface area contributed by atoms with Gasteiger partial charge in [0.15, 0.2) is 0 Å². The van der Waals surface area contributed by atoms with E-state index in [0.717, 1.165) is 43.1 Å². The summed E-state index contributed by atoms with van der Waals surface area (Å²) in [5.74, 6) is 0. The predicted octanol–water partition coefficient (Wildman–Crippen LogP) is 5.53. The fourth-order valence-corrected chi connectivity index (χ4v) is 3.09. The first kappa shape index (κ1) is 19.2. The molecule has 0 saturated carbocycles. The zero-order chi connectivity index (χ0) is 18.9. The van der Waals surface area contributed by atoms with Crippen LogP contribution in [0.15, 0.2) is 78.9 Å². The zero-order valence-electron chi connectivity index (χ0n) is 16.1. The van der Waals surface area contributed by atoms with Gasteiger partial charge in [-0.1, -0.05) is 42.5 Å². The van der Waals surface area contributed by atoms with Gasteiger partial charge in [0.1, 0.15) is 0 Å². The Morgan fingerprint density at radius 3 is 1.37 bits per heavy atom. The van der Waals surface area contributed by atoms with Gasteiger partial charge in [0.05, 0.1) is 13.2 Å². The number of methoxy groups -OCH3 is 2. The van der Waals surface area contributed by atoms with Crippen molar-refractivity contribution in [1.82, 2.24) is 0 Å². The average molecular weight is 361 g/mol. The van der Waals surface area contributed by atoms with E-state index in [0.29, 0.717) is 0 Å². The third-order valence-electron chi connectivity index (χ3n) is 4.59. The molecule has 0 fully saturated rings. The van der Waals surface area contributed by atoms with E-state index < -0.39 is 0 Å². The van der Waals surface area contributed by atoms with E-state index in [4.69, 9.17) is 9.47 Å². The number of nitrogens with zero attached hydrogens (tertiary/aromatic N) is 1. The zero-order valence-corrected chi connectivity index (χ0v) is 16.1. The van der Waals surface area contributed by atoms with E-state index >= 15 is 0 Å². The second kappa shape index (κ2) is 9.91. The molecule has 0 N–H and O–H groups in total. The monoisotopic (exact) mass is 361 g/mol. The van der Waals surface area contributed by atoms with Crippen molar-refractivity contribution in [3.8, 4) is 0 Å². The van der Waals surface area contributed by atoms with E-state index in [1.807, 2.05) is 6.07 Å². The number of hydrogen-bond acceptors (Lipinski definition) is 3. The Kier molecular flexibility index (Phi) is 7.03. The molecule has 0 aromatic heterocycles. The van der Waals surface area contributed by atoms with Gasteiger partial charge >= 0.3 is 0 Å². The molecule has 0 radical (unpaired) electrons. The van der Waals surface area contributed by atoms with Crippen LogP contribution in [0, 0.1) is 0 Å². The normalized spacial score (nSPS) is 10.7. The molecule has 0 atom stereocenters. The molecule has 3 aromatic carbocycles. The Balaban J connectivity index is 1.90. The highest BCUT2D eigenvalue weighted by molar-refractivity contribution is 5.76. The lowest BCUT2D eigenvalue weighted by atomic mass is 10.1. The standard InChI is InChI=1S/C24H27NO2/c1-26-18-16-20-8-12-23(13-9-20)25(22-6-4-3-5-7-22)24-14-10-21(11-15-24)17-19-27-2/h3-15H,16-19H2,1-2H3. The molecule has 0 heterocycles. The average Bonchev–Trinajstić information content (AvgIpc) is 2.73. The minimum absolute atomic E-state index is 0.741. The van der Waals surface area contributed by atoms with Crippen LogP contribution < -0.4 is 4.90 Å². The molecule has 0 aliphatic rings. The van der Waals surface area contributed by atoms with Crippen LogP contribution in [0.25, 0.3) is 0 Å². The first-order chi connectivity index (χ1) is 13.3. The van der Waals surface area contributed by atoms with Gasteiger partial charge in [-0.25, -0.2) is 0 Å². The second-order valence-electron chi connectivity index (χ2n) is 6.49. The Labute approximate surface area is 162 Å². The fraction of sp³-hybridized carbons (Fsp3) is 0.250. The van der Waals surface area contributed by atoms with Crippen molar-refractivity contribution in [2.45, 2.75) is 12.8 Å². The molecule has 0 bridgehead atoms. The molecular weight excluding hydrogens is 334 g/mol. The summed E-state index contributed by atoms with van der Waals surface area (Å²) in [5.41, 5.74) is 6.00. The summed E-state index contributed by atoms with van der Waals surface area (Å²) in [5, 5.41) is 0. The van der Waals surface area contributed by atoms with E-state index in [-0.39, 0.29) is 0 Å². The van der Waals surface area contributed by atoms with Crippen molar-refractivity contribution in [3.05, 3.63) is 90.0 Å². The van der Waals surface area contributed by atoms with Gasteiger partial charge in [-0.3, -0.25) is 0 Å². The summed E-state index contributed by atoms with van der Waals surface area (Å²) in [6, 6.07) is 27.9. The summed E-state index contributed by atoms with van der Waals surface area (Å²) in [7, 11) is 3.48. The van der Waals surface area contributed by atoms with Crippen molar-refractivity contribution < 1.29 is 9.47 Å². The van der Waals surface area contributed by atoms with Gasteiger partial charge < -0.3 is 14.4 Å². The van der Waals surface area contributed by atoms with Gasteiger partial charge in [-0.2, -0.15) is 0 Å². The maximum absolute atomic E-state index is 5.18. The molecule has 0 unspecified atom stereocenters. The number of ether oxygens (including phenoxy) is 2. The topological polar surface area (TPSA) is 21.7 Å². The van der Waals surface area contributed by atoms with Crippen molar-refractivity contribution in [3.63, 3.8) is 0 Å². The second-order valence-corrected chi connectivity index (χ2v) is 6.49. The van der Waals surface area contributed by atoms with Gasteiger partial charge in [-0.15, -0.1) is 0 Å². The highest BCUT2D eigenvalue weighted by Crippen LogP contribution is 2.34. The van der Waals surface area contributed by atoms with Crippen molar-refractivity contribution >= 4 is 17.1 Å². The van der Waals surface area contributed by atoms with Crippen molar-refractivity contribution in [2.24, 2.45) is 0 Å². The third kappa shape index (κ3) is 5.19. The quantitative estimate of drug-likeness (QED) is 0.500. The molecule has 0 amide bonds. The highest BCUT2D eigenvalue weighted by atomic mass is 16.5. The van der Waals surface area contributed by atoms with Crippen molar-refractivity contribution in [1.29, 1.82) is 0 Å². The fourth-order valence-electron chi connectivity index (χ4n) is 3.09. The van der Waals surface area contributed by atoms with Crippen LogP contribution in [0.4, 0.5) is 17.1 Å². The lowest BCUT2D eigenvalue weighted by molar-refractivity contribution is 0.202. The van der Waals surface area contributed by atoms with Gasteiger partial charge in [0, 0.05) is 31.3 Å². The van der Waals surface area contributed by atoms with Crippen LogP contribution in [0.1, 0.15) is 11.1 Å². The maximum Gasteiger partial charge on any atom is 0.0502 e. The number of hydrogen-bond donors (Lipinski definition) is 0. The molecule has 3 rings (SSSR count). The molecule has 3 nitrogen and oxygen atoms in total. The molecule has 27 heavy (non-hydrogen) atoms. The maximum atomic E-state index is 5.18. The van der Waals surface area contributed by atoms with Crippen molar-refractivity contribution in [2.75, 3.05) is 32.3 Å². The first-order valence-corrected chi connectivity index (χ1v) is 9.33. The summed E-state index contributed by atoms with van der Waals surface area (Å²) >= 11 is 0. The lowest BCUT2D eigenvalue weighted by Crippen LogP contribution is -2.10. The van der Waals surface area contributed by atoms with Crippen LogP contribution >= 0.6 is 0 Å². The molecular formula is C24H27NO2. The summed E-state index contributed by atoms with van der Waals surface area (Å²) in [6.45, 7) is 1.48. The predicted molar refractivity (Wildman–Crippen MR) is 112 cm³/mol. The third-order valence-corrected chi connectivity index (χ3v) is 4.59. The minimum Gasteiger partial charge on any atom is -0.384 e. The van der Waals surface area contributed by atoms with E-state index in [1.165, 1.54) is 11.1 Å². The van der Waals surface area contributed by atoms with Gasteiger partial charge in [-0.05, 0) is 60.4 Å².